The molecule has 0 aliphatic carbocycles. The largest absolute Gasteiger partial charge is 0.316 e. The third kappa shape index (κ3) is 19.1. The molecular weight excluding hydrogens is 136 g/mol. The summed E-state index contributed by atoms with van der Waals surface area (Å²) in [4.78, 5) is 9.40. The molecule has 0 saturated heterocycles. The summed E-state index contributed by atoms with van der Waals surface area (Å²) in [5, 5.41) is 0. The van der Waals surface area contributed by atoms with Crippen LogP contribution in [0, 0.1) is 0 Å². The molecule has 0 aromatic rings. The maximum Gasteiger partial charge on any atom is 0.316 e. The molecule has 38 valence electrons. The van der Waals surface area contributed by atoms with Crippen LogP contribution in [0.2, 0.25) is 0 Å². The van der Waals surface area contributed by atoms with Gasteiger partial charge in [-0.2, -0.15) is 0 Å². The van der Waals surface area contributed by atoms with Crippen LogP contribution in [0.15, 0.2) is 0 Å². The van der Waals surface area contributed by atoms with Crippen molar-refractivity contribution in [3.63, 3.8) is 0 Å². The second-order valence-electron chi connectivity index (χ2n) is 0.955. The van der Waals surface area contributed by atoms with Crippen molar-refractivity contribution >= 4 is 29.3 Å². The summed E-state index contributed by atoms with van der Waals surface area (Å²) in [5.41, 5.74) is 0. The van der Waals surface area contributed by atoms with Gasteiger partial charge in [-0.05, 0) is 6.42 Å². The molecule has 7 heavy (non-hydrogen) atoms. The van der Waals surface area contributed by atoms with E-state index < -0.39 is 0 Å². The van der Waals surface area contributed by atoms with Gasteiger partial charge in [0.05, 0.1) is 0 Å². The number of carbonyl (C=O) groups is 1. The molecule has 0 aliphatic rings. The normalized spacial score (nSPS) is 5.29. The van der Waals surface area contributed by atoms with Gasteiger partial charge in [0.25, 0.3) is 0 Å². The van der Waals surface area contributed by atoms with E-state index in [1.165, 1.54) is 0 Å². The van der Waals surface area contributed by atoms with Crippen molar-refractivity contribution < 1.29 is 26.5 Å². The van der Waals surface area contributed by atoms with E-state index in [1.807, 2.05) is 6.92 Å². The van der Waals surface area contributed by atoms with Crippen molar-refractivity contribution in [2.75, 3.05) is 0 Å². The van der Waals surface area contributed by atoms with E-state index in [0.717, 1.165) is 12.7 Å². The van der Waals surface area contributed by atoms with Crippen molar-refractivity contribution in [1.29, 1.82) is 0 Å². The van der Waals surface area contributed by atoms with Crippen LogP contribution >= 0.6 is 0 Å². The molecule has 0 rings (SSSR count). The minimum atomic E-state index is 0. The number of rotatable bonds is 2. The topological polar surface area (TPSA) is 17.1 Å². The quantitative estimate of drug-likeness (QED) is 0.398. The Balaban J connectivity index is -0.0000000800. The van der Waals surface area contributed by atoms with Crippen molar-refractivity contribution in [2.24, 2.45) is 0 Å². The molecule has 0 atom stereocenters. The van der Waals surface area contributed by atoms with Gasteiger partial charge in [-0.1, -0.05) is 6.92 Å². The fourth-order valence-corrected chi connectivity index (χ4v) is 0.118. The zero-order valence-corrected chi connectivity index (χ0v) is 5.46. The van der Waals surface area contributed by atoms with Crippen LogP contribution in [0.3, 0.4) is 0 Å². The Morgan fingerprint density at radius 1 is 1.57 bits per heavy atom. The Labute approximate surface area is 75.3 Å². The predicted octanol–water partition coefficient (Wildman–Crippen LogP) is 0.0667. The molecule has 0 aliphatic heterocycles. The minimum absolute atomic E-state index is 0. The summed E-state index contributed by atoms with van der Waals surface area (Å²) in [6.45, 7) is 1.98. The van der Waals surface area contributed by atoms with Crippen molar-refractivity contribution in [3.8, 4) is 0 Å². The molecule has 0 heterocycles. The van der Waals surface area contributed by atoms with E-state index in [1.54, 1.807) is 0 Å². The second kappa shape index (κ2) is 15.7. The van der Waals surface area contributed by atoms with Crippen LogP contribution in [0.1, 0.15) is 19.8 Å². The first-order valence-electron chi connectivity index (χ1n) is 1.85. The van der Waals surface area contributed by atoms with E-state index >= 15 is 0 Å². The van der Waals surface area contributed by atoms with Gasteiger partial charge in [0.15, 0.2) is 0 Å². The molecule has 0 spiro atoms. The van der Waals surface area contributed by atoms with Gasteiger partial charge >= 0.3 is 23.1 Å². The Morgan fingerprint density at radius 3 is 2.00 bits per heavy atom. The predicted molar refractivity (Wildman–Crippen MR) is 29.5 cm³/mol. The molecule has 0 unspecified atom stereocenters. The first-order chi connectivity index (χ1) is 2.41. The number of aldehydes is 1. The van der Waals surface area contributed by atoms with E-state index in [-0.39, 0.29) is 44.8 Å². The van der Waals surface area contributed by atoms with Crippen LogP contribution in [0.25, 0.3) is 0 Å². The monoisotopic (exact) mass is 146 g/mol. The smallest absolute Gasteiger partial charge is 0.303 e. The molecule has 0 bridgehead atoms. The van der Waals surface area contributed by atoms with Gasteiger partial charge in [-0.25, -0.2) is 0 Å². The van der Waals surface area contributed by atoms with Crippen molar-refractivity contribution in [2.45, 2.75) is 19.8 Å². The summed E-state index contributed by atoms with van der Waals surface area (Å²) in [7, 11) is 0. The van der Waals surface area contributed by atoms with E-state index in [2.05, 4.69) is 0 Å². The van der Waals surface area contributed by atoms with Gasteiger partial charge in [0, 0.05) is 28.1 Å². The van der Waals surface area contributed by atoms with Gasteiger partial charge in [-0.15, -0.1) is 0 Å². The Hall–Kier alpha value is 1.15. The number of unbranched alkanes of at least 4 members (excludes halogenated alkanes) is 1. The Bertz CT molecular complexity index is 32.9. The number of hydrogen-bond donors (Lipinski definition) is 0. The molecule has 0 aromatic carbocycles. The van der Waals surface area contributed by atoms with Crippen LogP contribution in [0.4, 0.5) is 0 Å². The SMILES string of the molecule is CCCC=O.[MgH2].[Ti]. The van der Waals surface area contributed by atoms with Gasteiger partial charge in [0.1, 0.15) is 6.29 Å². The zero-order chi connectivity index (χ0) is 4.12. The molecule has 0 saturated carbocycles. The van der Waals surface area contributed by atoms with Crippen molar-refractivity contribution in [3.05, 3.63) is 0 Å². The summed E-state index contributed by atoms with van der Waals surface area (Å²) >= 11 is 0. The van der Waals surface area contributed by atoms with E-state index in [9.17, 15) is 4.79 Å². The zero-order valence-electron chi connectivity index (χ0n) is 3.90. The maximum absolute atomic E-state index is 9.40. The van der Waals surface area contributed by atoms with Gasteiger partial charge in [0.2, 0.25) is 0 Å². The molecule has 0 aromatic heterocycles. The summed E-state index contributed by atoms with van der Waals surface area (Å²) in [6.07, 6.45) is 2.61. The summed E-state index contributed by atoms with van der Waals surface area (Å²) in [6, 6.07) is 0. The van der Waals surface area contributed by atoms with Gasteiger partial charge in [-0.3, -0.25) is 0 Å². The molecule has 0 amide bonds. The third-order valence-electron chi connectivity index (χ3n) is 0.407. The fourth-order valence-electron chi connectivity index (χ4n) is 0.118. The van der Waals surface area contributed by atoms with E-state index in [4.69, 9.17) is 0 Å². The first-order valence-corrected chi connectivity index (χ1v) is 1.85. The summed E-state index contributed by atoms with van der Waals surface area (Å²) < 4.78 is 0. The average molecular weight is 146 g/mol. The first kappa shape index (κ1) is 15.7. The van der Waals surface area contributed by atoms with Gasteiger partial charge < -0.3 is 4.79 Å². The molecule has 3 heteroatoms. The van der Waals surface area contributed by atoms with Crippen LogP contribution in [-0.4, -0.2) is 29.3 Å². The van der Waals surface area contributed by atoms with Crippen LogP contribution < -0.4 is 0 Å². The van der Waals surface area contributed by atoms with E-state index in [0.29, 0.717) is 6.42 Å². The Morgan fingerprint density at radius 2 is 2.00 bits per heavy atom. The number of hydrogen-bond acceptors (Lipinski definition) is 1. The molecule has 0 N–H and O–H groups in total. The van der Waals surface area contributed by atoms with Crippen molar-refractivity contribution in [1.82, 2.24) is 0 Å². The maximum atomic E-state index is 9.40. The third-order valence-corrected chi connectivity index (χ3v) is 0.407. The standard InChI is InChI=1S/C4H8O.Mg.Ti.2H/c1-2-3-4-5;;;;/h4H,2-3H2,1H3;;;;. The summed E-state index contributed by atoms with van der Waals surface area (Å²) in [5.74, 6) is 0. The van der Waals surface area contributed by atoms with Crippen LogP contribution in [0.5, 0.6) is 0 Å². The average Bonchev–Trinajstić information content (AvgIpc) is 1.41. The second-order valence-corrected chi connectivity index (χ2v) is 0.955. The molecular formula is C4H10MgOTi. The molecule has 1 nitrogen and oxygen atoms in total. The van der Waals surface area contributed by atoms with Crippen LogP contribution in [-0.2, 0) is 26.5 Å². The molecule has 0 fully saturated rings. The fraction of sp³-hybridized carbons (Fsp3) is 0.750. The minimum Gasteiger partial charge on any atom is -0.303 e. The Kier molecular flexibility index (Phi) is 35.2. The number of carbonyl (C=O) groups excluding carboxylic acids is 1. The molecule has 0 radical (unpaired) electrons.